The fourth-order valence-electron chi connectivity index (χ4n) is 1.54. The number of benzene rings is 1. The molecule has 0 amide bonds. The van der Waals surface area contributed by atoms with Gasteiger partial charge < -0.3 is 5.32 Å². The lowest BCUT2D eigenvalue weighted by atomic mass is 10.3. The zero-order chi connectivity index (χ0) is 15.2. The van der Waals surface area contributed by atoms with Crippen molar-refractivity contribution in [2.45, 2.75) is 19.8 Å². The molecule has 1 aromatic carbocycles. The zero-order valence-electron chi connectivity index (χ0n) is 11.0. The van der Waals surface area contributed by atoms with Gasteiger partial charge in [0.15, 0.2) is 11.6 Å². The summed E-state index contributed by atoms with van der Waals surface area (Å²) in [6.07, 6.45) is 1.24. The lowest BCUT2D eigenvalue weighted by molar-refractivity contribution is 0.498. The number of rotatable bonds is 8. The van der Waals surface area contributed by atoms with Crippen LogP contribution in [0, 0.1) is 17.5 Å². The molecule has 2 N–H and O–H groups in total. The van der Waals surface area contributed by atoms with Gasteiger partial charge in [0.25, 0.3) is 0 Å². The van der Waals surface area contributed by atoms with Crippen LogP contribution in [0.15, 0.2) is 12.1 Å². The molecule has 1 rings (SSSR count). The molecule has 0 spiro atoms. The first-order valence-electron chi connectivity index (χ1n) is 6.21. The number of nitrogens with one attached hydrogen (secondary N) is 2. The highest BCUT2D eigenvalue weighted by molar-refractivity contribution is 7.92. The van der Waals surface area contributed by atoms with E-state index < -0.39 is 33.2 Å². The number of halogens is 3. The van der Waals surface area contributed by atoms with E-state index in [9.17, 15) is 21.6 Å². The monoisotopic (exact) mass is 310 g/mol. The lowest BCUT2D eigenvalue weighted by Gasteiger charge is -2.09. The van der Waals surface area contributed by atoms with Crippen LogP contribution in [-0.2, 0) is 10.0 Å². The first-order chi connectivity index (χ1) is 9.35. The second kappa shape index (κ2) is 7.49. The van der Waals surface area contributed by atoms with Crippen molar-refractivity contribution in [3.63, 3.8) is 0 Å². The summed E-state index contributed by atoms with van der Waals surface area (Å²) in [5.74, 6) is -4.17. The molecule has 0 saturated carbocycles. The predicted octanol–water partition coefficient (Wildman–Crippen LogP) is 2.24. The van der Waals surface area contributed by atoms with Crippen molar-refractivity contribution >= 4 is 15.7 Å². The Balaban J connectivity index is 2.62. The molecule has 0 bridgehead atoms. The normalized spacial score (nSPS) is 11.6. The smallest absolute Gasteiger partial charge is 0.232 e. The van der Waals surface area contributed by atoms with E-state index in [1.54, 1.807) is 0 Å². The van der Waals surface area contributed by atoms with Crippen LogP contribution >= 0.6 is 0 Å². The van der Waals surface area contributed by atoms with Gasteiger partial charge in [0.2, 0.25) is 10.0 Å². The zero-order valence-corrected chi connectivity index (χ0v) is 11.9. The third-order valence-corrected chi connectivity index (χ3v) is 3.81. The van der Waals surface area contributed by atoms with E-state index >= 15 is 0 Å². The van der Waals surface area contributed by atoms with Gasteiger partial charge in [0, 0.05) is 12.1 Å². The van der Waals surface area contributed by atoms with Crippen LogP contribution < -0.4 is 10.0 Å². The summed E-state index contributed by atoms with van der Waals surface area (Å²) < 4.78 is 64.4. The summed E-state index contributed by atoms with van der Waals surface area (Å²) in [7, 11) is -3.84. The molecule has 0 heterocycles. The van der Waals surface area contributed by atoms with Crippen molar-refractivity contribution in [2.75, 3.05) is 23.6 Å². The molecule has 0 fully saturated rings. The highest BCUT2D eigenvalue weighted by Gasteiger charge is 2.16. The van der Waals surface area contributed by atoms with Crippen LogP contribution in [0.25, 0.3) is 0 Å². The molecule has 1 aromatic rings. The van der Waals surface area contributed by atoms with E-state index in [2.05, 4.69) is 5.32 Å². The molecular formula is C12H17F3N2O2S. The average molecular weight is 310 g/mol. The quantitative estimate of drug-likeness (QED) is 0.572. The van der Waals surface area contributed by atoms with Gasteiger partial charge in [-0.05, 0) is 25.9 Å². The van der Waals surface area contributed by atoms with Crippen LogP contribution in [0.3, 0.4) is 0 Å². The van der Waals surface area contributed by atoms with E-state index in [0.29, 0.717) is 25.1 Å². The van der Waals surface area contributed by atoms with E-state index in [0.717, 1.165) is 13.0 Å². The first kappa shape index (κ1) is 16.8. The minimum atomic E-state index is -3.84. The summed E-state index contributed by atoms with van der Waals surface area (Å²) in [5.41, 5.74) is -0.719. The minimum Gasteiger partial charge on any atom is -0.317 e. The predicted molar refractivity (Wildman–Crippen MR) is 71.5 cm³/mol. The first-order valence-corrected chi connectivity index (χ1v) is 7.86. The second-order valence-corrected chi connectivity index (χ2v) is 6.12. The second-order valence-electron chi connectivity index (χ2n) is 4.27. The Kier molecular flexibility index (Phi) is 6.28. The third-order valence-electron chi connectivity index (χ3n) is 2.45. The minimum absolute atomic E-state index is 0.263. The molecule has 0 aromatic heterocycles. The topological polar surface area (TPSA) is 58.2 Å². The number of sulfonamides is 1. The highest BCUT2D eigenvalue weighted by Crippen LogP contribution is 2.20. The molecule has 0 atom stereocenters. The van der Waals surface area contributed by atoms with Gasteiger partial charge in [-0.1, -0.05) is 6.92 Å². The Morgan fingerprint density at radius 3 is 2.50 bits per heavy atom. The van der Waals surface area contributed by atoms with Crippen molar-refractivity contribution in [2.24, 2.45) is 0 Å². The summed E-state index contributed by atoms with van der Waals surface area (Å²) in [6, 6.07) is 0.951. The van der Waals surface area contributed by atoms with Crippen molar-refractivity contribution < 1.29 is 21.6 Å². The van der Waals surface area contributed by atoms with Gasteiger partial charge in [-0.15, -0.1) is 0 Å². The Labute approximate surface area is 116 Å². The summed E-state index contributed by atoms with van der Waals surface area (Å²) in [6.45, 7) is 3.25. The van der Waals surface area contributed by atoms with Crippen molar-refractivity contribution in [3.8, 4) is 0 Å². The lowest BCUT2D eigenvalue weighted by Crippen LogP contribution is -2.23. The highest BCUT2D eigenvalue weighted by atomic mass is 32.2. The Hall–Kier alpha value is -1.28. The van der Waals surface area contributed by atoms with Crippen molar-refractivity contribution in [1.29, 1.82) is 0 Å². The molecule has 114 valence electrons. The van der Waals surface area contributed by atoms with Crippen LogP contribution in [0.4, 0.5) is 18.9 Å². The van der Waals surface area contributed by atoms with Crippen LogP contribution in [0.5, 0.6) is 0 Å². The number of hydrogen-bond donors (Lipinski definition) is 2. The Morgan fingerprint density at radius 2 is 1.85 bits per heavy atom. The summed E-state index contributed by atoms with van der Waals surface area (Å²) >= 11 is 0. The molecule has 4 nitrogen and oxygen atoms in total. The molecule has 0 unspecified atom stereocenters. The van der Waals surface area contributed by atoms with Crippen molar-refractivity contribution in [3.05, 3.63) is 29.6 Å². The molecule has 0 saturated heterocycles. The molecule has 8 heteroatoms. The molecular weight excluding hydrogens is 293 g/mol. The average Bonchev–Trinajstić information content (AvgIpc) is 2.34. The van der Waals surface area contributed by atoms with Crippen molar-refractivity contribution in [1.82, 2.24) is 5.32 Å². The fourth-order valence-corrected chi connectivity index (χ4v) is 2.65. The maximum Gasteiger partial charge on any atom is 0.232 e. The van der Waals surface area contributed by atoms with E-state index in [1.165, 1.54) is 0 Å². The van der Waals surface area contributed by atoms with Gasteiger partial charge in [0.1, 0.15) is 5.82 Å². The molecule has 0 aliphatic carbocycles. The van der Waals surface area contributed by atoms with Gasteiger partial charge in [0.05, 0.1) is 11.4 Å². The third kappa shape index (κ3) is 5.38. The van der Waals surface area contributed by atoms with Gasteiger partial charge in [-0.3, -0.25) is 4.72 Å². The largest absolute Gasteiger partial charge is 0.317 e. The fraction of sp³-hybridized carbons (Fsp3) is 0.500. The number of hydrogen-bond acceptors (Lipinski definition) is 3. The standard InChI is InChI=1S/C12H17F3N2O2S/c1-2-4-16-5-3-6-20(18,19)17-11-8-9(13)7-10(14)12(11)15/h7-8,16-17H,2-6H2,1H3. The Bertz CT molecular complexity index is 550. The molecule has 0 aliphatic rings. The van der Waals surface area contributed by atoms with Crippen LogP contribution in [-0.4, -0.2) is 27.3 Å². The van der Waals surface area contributed by atoms with E-state index in [4.69, 9.17) is 0 Å². The maximum absolute atomic E-state index is 13.3. The molecule has 0 aliphatic heterocycles. The van der Waals surface area contributed by atoms with E-state index in [1.807, 2.05) is 11.6 Å². The van der Waals surface area contributed by atoms with Crippen LogP contribution in [0.2, 0.25) is 0 Å². The Morgan fingerprint density at radius 1 is 1.15 bits per heavy atom. The van der Waals surface area contributed by atoms with Gasteiger partial charge in [-0.2, -0.15) is 0 Å². The van der Waals surface area contributed by atoms with E-state index in [-0.39, 0.29) is 5.75 Å². The van der Waals surface area contributed by atoms with Crippen LogP contribution in [0.1, 0.15) is 19.8 Å². The summed E-state index contributed by atoms with van der Waals surface area (Å²) in [4.78, 5) is 0. The van der Waals surface area contributed by atoms with Gasteiger partial charge >= 0.3 is 0 Å². The van der Waals surface area contributed by atoms with Gasteiger partial charge in [-0.25, -0.2) is 21.6 Å². The SMILES string of the molecule is CCCNCCCS(=O)(=O)Nc1cc(F)cc(F)c1F. The molecule has 20 heavy (non-hydrogen) atoms. The number of anilines is 1. The summed E-state index contributed by atoms with van der Waals surface area (Å²) in [5, 5.41) is 3.01. The molecule has 0 radical (unpaired) electrons. The maximum atomic E-state index is 13.3.